The Kier molecular flexibility index (Phi) is 6.39. The first kappa shape index (κ1) is 12.6. The van der Waals surface area contributed by atoms with Crippen LogP contribution in [0.1, 0.15) is 13.3 Å². The number of aliphatic hydroxyl groups is 1. The number of hydrogen-bond donors (Lipinski definition) is 2. The lowest BCUT2D eigenvalue weighted by Gasteiger charge is -2.09. The average molecular weight is 201 g/mol. The van der Waals surface area contributed by atoms with Crippen molar-refractivity contribution in [2.24, 2.45) is 0 Å². The standard InChI is InChI=1S/C9H15NO4/c1-7(12)10-8(6-11)4-3-5-9(13)14-2/h3-4,8,11H,5-6H2,1-2H3,(H,10,12)/b4-3+. The van der Waals surface area contributed by atoms with Crippen LogP contribution in [0.5, 0.6) is 0 Å². The number of aliphatic hydroxyl groups excluding tert-OH is 1. The fourth-order valence-corrected chi connectivity index (χ4v) is 0.828. The van der Waals surface area contributed by atoms with Crippen LogP contribution in [-0.2, 0) is 14.3 Å². The Hall–Kier alpha value is -1.36. The molecule has 5 heteroatoms. The van der Waals surface area contributed by atoms with Crippen LogP contribution in [0, 0.1) is 0 Å². The number of carbonyl (C=O) groups is 2. The maximum atomic E-state index is 10.7. The van der Waals surface area contributed by atoms with Gasteiger partial charge in [0, 0.05) is 6.92 Å². The first-order valence-corrected chi connectivity index (χ1v) is 4.21. The van der Waals surface area contributed by atoms with E-state index in [4.69, 9.17) is 5.11 Å². The summed E-state index contributed by atoms with van der Waals surface area (Å²) in [4.78, 5) is 21.3. The number of hydrogen-bond acceptors (Lipinski definition) is 4. The number of esters is 1. The smallest absolute Gasteiger partial charge is 0.309 e. The van der Waals surface area contributed by atoms with E-state index in [1.807, 2.05) is 0 Å². The second kappa shape index (κ2) is 7.08. The number of carbonyl (C=O) groups excluding carboxylic acids is 2. The van der Waals surface area contributed by atoms with Crippen molar-refractivity contribution >= 4 is 11.9 Å². The lowest BCUT2D eigenvalue weighted by molar-refractivity contribution is -0.139. The van der Waals surface area contributed by atoms with Gasteiger partial charge in [-0.15, -0.1) is 0 Å². The third kappa shape index (κ3) is 6.19. The van der Waals surface area contributed by atoms with E-state index in [0.29, 0.717) is 0 Å². The Labute approximate surface area is 82.7 Å². The number of ether oxygens (including phenoxy) is 1. The van der Waals surface area contributed by atoms with Crippen molar-refractivity contribution in [2.75, 3.05) is 13.7 Å². The molecule has 0 spiro atoms. The van der Waals surface area contributed by atoms with Crippen LogP contribution in [0.25, 0.3) is 0 Å². The number of nitrogens with one attached hydrogen (secondary N) is 1. The summed E-state index contributed by atoms with van der Waals surface area (Å²) in [5.41, 5.74) is 0. The predicted octanol–water partition coefficient (Wildman–Crippen LogP) is -0.397. The predicted molar refractivity (Wildman–Crippen MR) is 50.5 cm³/mol. The molecule has 0 bridgehead atoms. The van der Waals surface area contributed by atoms with Gasteiger partial charge in [0.2, 0.25) is 5.91 Å². The van der Waals surface area contributed by atoms with E-state index in [0.717, 1.165) is 0 Å². The fraction of sp³-hybridized carbons (Fsp3) is 0.556. The van der Waals surface area contributed by atoms with Gasteiger partial charge in [-0.2, -0.15) is 0 Å². The summed E-state index contributed by atoms with van der Waals surface area (Å²) in [5.74, 6) is -0.590. The molecular formula is C9H15NO4. The Bertz CT molecular complexity index is 225. The zero-order chi connectivity index (χ0) is 11.0. The van der Waals surface area contributed by atoms with E-state index >= 15 is 0 Å². The van der Waals surface area contributed by atoms with E-state index in [1.165, 1.54) is 14.0 Å². The molecule has 0 rings (SSSR count). The average Bonchev–Trinajstić information content (AvgIpc) is 2.15. The highest BCUT2D eigenvalue weighted by Gasteiger charge is 2.03. The van der Waals surface area contributed by atoms with Crippen molar-refractivity contribution in [3.05, 3.63) is 12.2 Å². The summed E-state index contributed by atoms with van der Waals surface area (Å²) in [6.45, 7) is 1.16. The van der Waals surface area contributed by atoms with Crippen LogP contribution in [0.4, 0.5) is 0 Å². The molecule has 0 saturated carbocycles. The fourth-order valence-electron chi connectivity index (χ4n) is 0.828. The Morgan fingerprint density at radius 2 is 2.21 bits per heavy atom. The first-order chi connectivity index (χ1) is 6.60. The molecule has 1 atom stereocenters. The molecule has 5 nitrogen and oxygen atoms in total. The molecule has 0 aliphatic carbocycles. The van der Waals surface area contributed by atoms with Gasteiger partial charge < -0.3 is 15.2 Å². The largest absolute Gasteiger partial charge is 0.469 e. The van der Waals surface area contributed by atoms with Crippen LogP contribution in [-0.4, -0.2) is 36.7 Å². The first-order valence-electron chi connectivity index (χ1n) is 4.21. The van der Waals surface area contributed by atoms with Crippen molar-refractivity contribution in [3.8, 4) is 0 Å². The molecule has 0 fully saturated rings. The summed E-state index contributed by atoms with van der Waals surface area (Å²) < 4.78 is 4.41. The van der Waals surface area contributed by atoms with Crippen LogP contribution in [0.15, 0.2) is 12.2 Å². The van der Waals surface area contributed by atoms with Gasteiger partial charge in [0.05, 0.1) is 26.2 Å². The molecule has 1 unspecified atom stereocenters. The zero-order valence-corrected chi connectivity index (χ0v) is 8.32. The third-order valence-corrected chi connectivity index (χ3v) is 1.47. The zero-order valence-electron chi connectivity index (χ0n) is 8.32. The molecule has 0 aromatic carbocycles. The van der Waals surface area contributed by atoms with Crippen LogP contribution in [0.3, 0.4) is 0 Å². The molecule has 14 heavy (non-hydrogen) atoms. The summed E-state index contributed by atoms with van der Waals surface area (Å²) >= 11 is 0. The molecule has 80 valence electrons. The molecule has 0 aromatic rings. The molecule has 1 amide bonds. The van der Waals surface area contributed by atoms with Crippen molar-refractivity contribution in [1.82, 2.24) is 5.32 Å². The van der Waals surface area contributed by atoms with Crippen LogP contribution in [0.2, 0.25) is 0 Å². The molecule has 0 aliphatic rings. The van der Waals surface area contributed by atoms with E-state index in [9.17, 15) is 9.59 Å². The van der Waals surface area contributed by atoms with Gasteiger partial charge in [0.1, 0.15) is 0 Å². The SMILES string of the molecule is COC(=O)C/C=C/C(CO)NC(C)=O. The van der Waals surface area contributed by atoms with Crippen molar-refractivity contribution in [2.45, 2.75) is 19.4 Å². The maximum absolute atomic E-state index is 10.7. The van der Waals surface area contributed by atoms with E-state index < -0.39 is 6.04 Å². The van der Waals surface area contributed by atoms with Crippen molar-refractivity contribution < 1.29 is 19.4 Å². The molecular weight excluding hydrogens is 186 g/mol. The molecule has 2 N–H and O–H groups in total. The Morgan fingerprint density at radius 1 is 1.57 bits per heavy atom. The van der Waals surface area contributed by atoms with Gasteiger partial charge in [-0.05, 0) is 0 Å². The quantitative estimate of drug-likeness (QED) is 0.469. The minimum atomic E-state index is -0.447. The van der Waals surface area contributed by atoms with Gasteiger partial charge in [0.25, 0.3) is 0 Å². The van der Waals surface area contributed by atoms with E-state index in [2.05, 4.69) is 10.1 Å². The lowest BCUT2D eigenvalue weighted by atomic mass is 10.2. The number of amides is 1. The Balaban J connectivity index is 3.91. The minimum Gasteiger partial charge on any atom is -0.469 e. The molecule has 0 radical (unpaired) electrons. The second-order valence-corrected chi connectivity index (χ2v) is 2.70. The summed E-state index contributed by atoms with van der Waals surface area (Å²) in [5, 5.41) is 11.3. The van der Waals surface area contributed by atoms with Gasteiger partial charge in [-0.25, -0.2) is 0 Å². The summed E-state index contributed by atoms with van der Waals surface area (Å²) in [7, 11) is 1.30. The topological polar surface area (TPSA) is 75.6 Å². The highest BCUT2D eigenvalue weighted by atomic mass is 16.5. The van der Waals surface area contributed by atoms with Gasteiger partial charge in [0.15, 0.2) is 0 Å². The normalized spacial score (nSPS) is 12.5. The van der Waals surface area contributed by atoms with Gasteiger partial charge in [-0.1, -0.05) is 12.2 Å². The molecule has 0 aromatic heterocycles. The monoisotopic (exact) mass is 201 g/mol. The lowest BCUT2D eigenvalue weighted by Crippen LogP contribution is -2.34. The highest BCUT2D eigenvalue weighted by Crippen LogP contribution is 1.91. The minimum absolute atomic E-state index is 0.132. The summed E-state index contributed by atoms with van der Waals surface area (Å²) in [6.07, 6.45) is 3.23. The van der Waals surface area contributed by atoms with E-state index in [1.54, 1.807) is 12.2 Å². The van der Waals surface area contributed by atoms with Crippen molar-refractivity contribution in [3.63, 3.8) is 0 Å². The molecule has 0 heterocycles. The number of rotatable bonds is 5. The summed E-state index contributed by atoms with van der Waals surface area (Å²) in [6, 6.07) is -0.447. The van der Waals surface area contributed by atoms with E-state index in [-0.39, 0.29) is 24.9 Å². The van der Waals surface area contributed by atoms with Gasteiger partial charge >= 0.3 is 5.97 Å². The van der Waals surface area contributed by atoms with Crippen LogP contribution >= 0.6 is 0 Å². The number of methoxy groups -OCH3 is 1. The van der Waals surface area contributed by atoms with Crippen LogP contribution < -0.4 is 5.32 Å². The highest BCUT2D eigenvalue weighted by molar-refractivity contribution is 5.73. The third-order valence-electron chi connectivity index (χ3n) is 1.47. The van der Waals surface area contributed by atoms with Gasteiger partial charge in [-0.3, -0.25) is 9.59 Å². The Morgan fingerprint density at radius 3 is 2.64 bits per heavy atom. The second-order valence-electron chi connectivity index (χ2n) is 2.70. The maximum Gasteiger partial charge on any atom is 0.309 e. The molecule has 0 aliphatic heterocycles. The van der Waals surface area contributed by atoms with Crippen molar-refractivity contribution in [1.29, 1.82) is 0 Å². The molecule has 0 saturated heterocycles.